The van der Waals surface area contributed by atoms with E-state index in [2.05, 4.69) is 20.4 Å². The Bertz CT molecular complexity index is 761. The molecule has 5 saturated carbocycles. The topological polar surface area (TPSA) is 52.6 Å². The summed E-state index contributed by atoms with van der Waals surface area (Å²) >= 11 is 0. The van der Waals surface area contributed by atoms with Crippen LogP contribution >= 0.6 is 0 Å². The molecule has 5 fully saturated rings. The highest BCUT2D eigenvalue weighted by Crippen LogP contribution is 2.64. The van der Waals surface area contributed by atoms with Crippen molar-refractivity contribution in [1.29, 1.82) is 0 Å². The molecular weight excluding hydrogens is 400 g/mol. The predicted molar refractivity (Wildman–Crippen MR) is 126 cm³/mol. The second-order valence-electron chi connectivity index (χ2n) is 12.1. The first-order valence-corrected chi connectivity index (χ1v) is 12.8. The predicted octanol–water partition coefficient (Wildman–Crippen LogP) is 6.68. The van der Waals surface area contributed by atoms with E-state index >= 15 is 0 Å². The third kappa shape index (κ3) is 4.56. The molecule has 4 nitrogen and oxygen atoms in total. The van der Waals surface area contributed by atoms with Crippen LogP contribution in [0.4, 0.5) is 0 Å². The van der Waals surface area contributed by atoms with Crippen LogP contribution in [0.1, 0.15) is 105 Å². The van der Waals surface area contributed by atoms with Gasteiger partial charge in [0, 0.05) is 16.6 Å². The second kappa shape index (κ2) is 8.65. The van der Waals surface area contributed by atoms with Gasteiger partial charge in [-0.25, -0.2) is 9.59 Å². The van der Waals surface area contributed by atoms with Gasteiger partial charge < -0.3 is 9.47 Å². The van der Waals surface area contributed by atoms with Crippen molar-refractivity contribution in [2.24, 2.45) is 23.2 Å². The Morgan fingerprint density at radius 2 is 1.50 bits per heavy atom. The van der Waals surface area contributed by atoms with E-state index in [4.69, 9.17) is 9.47 Å². The molecule has 4 heteroatoms. The van der Waals surface area contributed by atoms with Crippen LogP contribution in [0, 0.1) is 23.2 Å². The lowest BCUT2D eigenvalue weighted by molar-refractivity contribution is -0.195. The summed E-state index contributed by atoms with van der Waals surface area (Å²) in [7, 11) is 0. The van der Waals surface area contributed by atoms with E-state index in [0.29, 0.717) is 17.6 Å². The Hall–Kier alpha value is -1.58. The van der Waals surface area contributed by atoms with E-state index < -0.39 is 11.2 Å². The van der Waals surface area contributed by atoms with Crippen LogP contribution in [-0.4, -0.2) is 23.1 Å². The lowest BCUT2D eigenvalue weighted by Crippen LogP contribution is -2.57. The highest BCUT2D eigenvalue weighted by atomic mass is 16.6. The molecule has 0 aromatic heterocycles. The fourth-order valence-corrected chi connectivity index (χ4v) is 7.61. The smallest absolute Gasteiger partial charge is 0.333 e. The van der Waals surface area contributed by atoms with Gasteiger partial charge in [-0.3, -0.25) is 0 Å². The van der Waals surface area contributed by atoms with E-state index in [1.54, 1.807) is 6.92 Å². The lowest BCUT2D eigenvalue weighted by Gasteiger charge is -2.61. The minimum Gasteiger partial charge on any atom is -0.456 e. The molecule has 0 radical (unpaired) electrons. The average molecular weight is 443 g/mol. The first kappa shape index (κ1) is 23.6. The highest BCUT2D eigenvalue weighted by Gasteiger charge is 2.58. The minimum absolute atomic E-state index is 0.155. The highest BCUT2D eigenvalue weighted by molar-refractivity contribution is 5.88. The van der Waals surface area contributed by atoms with Gasteiger partial charge in [0.05, 0.1) is 0 Å². The van der Waals surface area contributed by atoms with E-state index in [9.17, 15) is 9.59 Å². The van der Waals surface area contributed by atoms with Crippen molar-refractivity contribution in [1.82, 2.24) is 0 Å². The van der Waals surface area contributed by atoms with Crippen LogP contribution in [0.25, 0.3) is 0 Å². The minimum atomic E-state index is -0.432. The summed E-state index contributed by atoms with van der Waals surface area (Å²) in [5.74, 6) is 2.01. The van der Waals surface area contributed by atoms with E-state index in [1.165, 1.54) is 38.5 Å². The molecule has 0 heterocycles. The van der Waals surface area contributed by atoms with Crippen LogP contribution in [0.3, 0.4) is 0 Å². The van der Waals surface area contributed by atoms with Crippen molar-refractivity contribution in [3.05, 3.63) is 23.8 Å². The average Bonchev–Trinajstić information content (AvgIpc) is 3.14. The fourth-order valence-electron chi connectivity index (χ4n) is 7.61. The van der Waals surface area contributed by atoms with Crippen LogP contribution in [0.2, 0.25) is 0 Å². The zero-order valence-corrected chi connectivity index (χ0v) is 20.6. The number of allylic oxidation sites excluding steroid dienone is 1. The maximum atomic E-state index is 13.0. The third-order valence-corrected chi connectivity index (χ3v) is 9.21. The van der Waals surface area contributed by atoms with E-state index in [-0.39, 0.29) is 17.4 Å². The van der Waals surface area contributed by atoms with Crippen LogP contribution < -0.4 is 0 Å². The van der Waals surface area contributed by atoms with E-state index in [0.717, 1.165) is 49.9 Å². The zero-order valence-electron chi connectivity index (χ0n) is 20.6. The van der Waals surface area contributed by atoms with Gasteiger partial charge in [-0.15, -0.1) is 0 Å². The second-order valence-corrected chi connectivity index (χ2v) is 12.1. The van der Waals surface area contributed by atoms with Gasteiger partial charge >= 0.3 is 11.9 Å². The van der Waals surface area contributed by atoms with Gasteiger partial charge in [-0.2, -0.15) is 0 Å². The number of hydrogen-bond donors (Lipinski definition) is 0. The van der Waals surface area contributed by atoms with Gasteiger partial charge in [0.1, 0.15) is 11.2 Å². The van der Waals surface area contributed by atoms with Crippen molar-refractivity contribution >= 4 is 11.9 Å². The van der Waals surface area contributed by atoms with Crippen molar-refractivity contribution in [2.75, 3.05) is 0 Å². The fraction of sp³-hybridized carbons (Fsp3) is 0.786. The Kier molecular flexibility index (Phi) is 6.37. The van der Waals surface area contributed by atoms with Crippen molar-refractivity contribution in [2.45, 2.75) is 116 Å². The Morgan fingerprint density at radius 1 is 0.969 bits per heavy atom. The van der Waals surface area contributed by atoms with Gasteiger partial charge in [0.15, 0.2) is 0 Å². The number of esters is 2. The monoisotopic (exact) mass is 442 g/mol. The molecule has 5 rings (SSSR count). The van der Waals surface area contributed by atoms with Crippen molar-refractivity contribution in [3.8, 4) is 0 Å². The van der Waals surface area contributed by atoms with Crippen LogP contribution in [-0.2, 0) is 19.1 Å². The molecule has 5 aliphatic rings. The standard InChI is InChI=1S/C28H42O4/c1-19(2)24(29)32-28(10-6-7-11-28)12-8-9-20(3)25(30)31-26(4,5)27-16-21-13-22(17-27)15-23(14-21)18-27/h9,21-23H,1,6-8,10-18H2,2-5H3/b20-9+. The molecule has 178 valence electrons. The molecule has 0 atom stereocenters. The third-order valence-electron chi connectivity index (χ3n) is 9.21. The maximum Gasteiger partial charge on any atom is 0.333 e. The molecular formula is C28H42O4. The largest absolute Gasteiger partial charge is 0.456 e. The summed E-state index contributed by atoms with van der Waals surface area (Å²) in [5.41, 5.74) is 0.428. The molecule has 0 N–H and O–H groups in total. The van der Waals surface area contributed by atoms with Gasteiger partial charge in [0.25, 0.3) is 0 Å². The normalized spacial score (nSPS) is 33.2. The quantitative estimate of drug-likeness (QED) is 0.311. The summed E-state index contributed by atoms with van der Waals surface area (Å²) < 4.78 is 12.1. The van der Waals surface area contributed by atoms with Crippen molar-refractivity contribution in [3.63, 3.8) is 0 Å². The molecule has 0 spiro atoms. The number of rotatable bonds is 8. The number of carbonyl (C=O) groups is 2. The van der Waals surface area contributed by atoms with E-state index in [1.807, 2.05) is 13.0 Å². The number of ether oxygens (including phenoxy) is 2. The lowest BCUT2D eigenvalue weighted by atomic mass is 9.46. The SMILES string of the molecule is C=C(C)C(=O)OC1(CC/C=C(\C)C(=O)OC(C)(C)C23CC4CC(CC(C4)C2)C3)CCCC1. The molecule has 32 heavy (non-hydrogen) atoms. The molecule has 0 aromatic rings. The number of carbonyl (C=O) groups excluding carboxylic acids is 2. The Balaban J connectivity index is 1.36. The Labute approximate surface area is 194 Å². The molecule has 5 aliphatic carbocycles. The maximum absolute atomic E-state index is 13.0. The summed E-state index contributed by atoms with van der Waals surface area (Å²) in [6, 6.07) is 0. The first-order valence-electron chi connectivity index (χ1n) is 12.8. The molecule has 0 amide bonds. The summed E-state index contributed by atoms with van der Waals surface area (Å²) in [6.07, 6.45) is 15.2. The zero-order chi connectivity index (χ0) is 23.1. The van der Waals surface area contributed by atoms with Gasteiger partial charge in [0.2, 0.25) is 0 Å². The van der Waals surface area contributed by atoms with Crippen LogP contribution in [0.5, 0.6) is 0 Å². The molecule has 0 saturated heterocycles. The summed E-state index contributed by atoms with van der Waals surface area (Å²) in [4.78, 5) is 25.2. The molecule has 0 aromatic carbocycles. The molecule has 0 unspecified atom stereocenters. The van der Waals surface area contributed by atoms with Gasteiger partial charge in [-0.05, 0) is 122 Å². The van der Waals surface area contributed by atoms with Gasteiger partial charge in [-0.1, -0.05) is 12.7 Å². The molecule has 4 bridgehead atoms. The van der Waals surface area contributed by atoms with Crippen molar-refractivity contribution < 1.29 is 19.1 Å². The summed E-state index contributed by atoms with van der Waals surface area (Å²) in [6.45, 7) is 11.6. The Morgan fingerprint density at radius 3 is 2.00 bits per heavy atom. The van der Waals surface area contributed by atoms with Crippen LogP contribution in [0.15, 0.2) is 23.8 Å². The first-order chi connectivity index (χ1) is 15.0. The molecule has 0 aliphatic heterocycles. The summed E-state index contributed by atoms with van der Waals surface area (Å²) in [5, 5.41) is 0. The number of hydrogen-bond acceptors (Lipinski definition) is 4.